The van der Waals surface area contributed by atoms with Crippen molar-refractivity contribution in [3.63, 3.8) is 0 Å². The molecular formula is C62H81ClN12O4. The van der Waals surface area contributed by atoms with Gasteiger partial charge in [-0.3, -0.25) is 29.0 Å². The zero-order valence-corrected chi connectivity index (χ0v) is 47.8. The molecule has 0 saturated carbocycles. The van der Waals surface area contributed by atoms with Gasteiger partial charge in [0, 0.05) is 132 Å². The number of halogens is 1. The van der Waals surface area contributed by atoms with E-state index in [1.165, 1.54) is 11.1 Å². The number of aryl methyl sites for hydroxylation is 3. The summed E-state index contributed by atoms with van der Waals surface area (Å²) in [7, 11) is 0. The maximum absolute atomic E-state index is 14.5. The van der Waals surface area contributed by atoms with E-state index in [0.717, 1.165) is 117 Å². The molecule has 9 rings (SSSR count). The summed E-state index contributed by atoms with van der Waals surface area (Å²) in [5.74, 6) is 1.23. The van der Waals surface area contributed by atoms with Crippen LogP contribution in [0.25, 0.3) is 11.1 Å². The predicted molar refractivity (Wildman–Crippen MR) is 314 cm³/mol. The SMILES string of the molecule is CCc1cccc(-c2cnc(C(=O)N3CCC(CN4CCN(CC(=O)NCCN(CC(C(=O)N5CCN(c6ncnc7c6C(C)CC7)CC5)c5ccc(Cl)cc5)C(C)C)CC4)CC3)c(NC(=O)CNCc3cccc(C)c3)c2)c1. The van der Waals surface area contributed by atoms with Crippen LogP contribution in [0.3, 0.4) is 0 Å². The highest BCUT2D eigenvalue weighted by atomic mass is 35.5. The van der Waals surface area contributed by atoms with Gasteiger partial charge >= 0.3 is 0 Å². The lowest BCUT2D eigenvalue weighted by Crippen LogP contribution is -2.52. The summed E-state index contributed by atoms with van der Waals surface area (Å²) in [4.78, 5) is 82.7. The molecule has 0 bridgehead atoms. The van der Waals surface area contributed by atoms with Crippen LogP contribution in [-0.2, 0) is 33.8 Å². The monoisotopic (exact) mass is 1090 g/mol. The van der Waals surface area contributed by atoms with Crippen molar-refractivity contribution in [2.75, 3.05) is 115 Å². The summed E-state index contributed by atoms with van der Waals surface area (Å²) in [5.41, 5.74) is 9.32. The number of amides is 4. The van der Waals surface area contributed by atoms with Crippen molar-refractivity contribution in [3.8, 4) is 11.1 Å². The van der Waals surface area contributed by atoms with Gasteiger partial charge in [0.1, 0.15) is 12.1 Å². The van der Waals surface area contributed by atoms with E-state index < -0.39 is 0 Å². The molecule has 0 radical (unpaired) electrons. The van der Waals surface area contributed by atoms with Crippen LogP contribution in [0.5, 0.6) is 0 Å². The van der Waals surface area contributed by atoms with Crippen LogP contribution in [0.4, 0.5) is 11.5 Å². The van der Waals surface area contributed by atoms with Gasteiger partial charge in [-0.2, -0.15) is 0 Å². The second kappa shape index (κ2) is 27.2. The molecule has 3 saturated heterocycles. The van der Waals surface area contributed by atoms with Crippen LogP contribution in [0.15, 0.2) is 91.4 Å². The summed E-state index contributed by atoms with van der Waals surface area (Å²) >= 11 is 6.34. The number of benzene rings is 3. The number of pyridine rings is 1. The van der Waals surface area contributed by atoms with Crippen LogP contribution in [0.2, 0.25) is 5.02 Å². The van der Waals surface area contributed by atoms with Crippen LogP contribution < -0.4 is 20.9 Å². The first kappa shape index (κ1) is 57.4. The zero-order chi connectivity index (χ0) is 55.4. The molecule has 4 amide bonds. The normalized spacial score (nSPS) is 17.8. The maximum Gasteiger partial charge on any atom is 0.274 e. The maximum atomic E-state index is 14.5. The molecule has 0 spiro atoms. The molecule has 3 aliphatic heterocycles. The first-order valence-corrected chi connectivity index (χ1v) is 29.2. The fourth-order valence-electron chi connectivity index (χ4n) is 11.8. The Balaban J connectivity index is 0.717. The Morgan fingerprint density at radius 2 is 1.51 bits per heavy atom. The number of rotatable bonds is 21. The minimum Gasteiger partial charge on any atom is -0.354 e. The van der Waals surface area contributed by atoms with Crippen molar-refractivity contribution in [2.45, 2.75) is 91.1 Å². The average Bonchev–Trinajstić information content (AvgIpc) is 3.92. The van der Waals surface area contributed by atoms with Gasteiger partial charge in [0.05, 0.1) is 24.7 Å². The van der Waals surface area contributed by atoms with Crippen LogP contribution in [0, 0.1) is 12.8 Å². The number of piperazine rings is 2. The average molecular weight is 1090 g/mol. The lowest BCUT2D eigenvalue weighted by Gasteiger charge is -2.39. The highest BCUT2D eigenvalue weighted by molar-refractivity contribution is 6.30. The van der Waals surface area contributed by atoms with Crippen LogP contribution in [0.1, 0.15) is 103 Å². The van der Waals surface area contributed by atoms with E-state index in [1.807, 2.05) is 77.4 Å². The first-order chi connectivity index (χ1) is 38.3. The lowest BCUT2D eigenvalue weighted by molar-refractivity contribution is -0.134. The van der Waals surface area contributed by atoms with Gasteiger partial charge in [-0.05, 0) is 105 Å². The van der Waals surface area contributed by atoms with E-state index >= 15 is 0 Å². The van der Waals surface area contributed by atoms with Crippen molar-refractivity contribution in [3.05, 3.63) is 136 Å². The molecule has 5 aromatic rings. The Hall–Kier alpha value is -6.30. The third kappa shape index (κ3) is 15.1. The van der Waals surface area contributed by atoms with Crippen molar-refractivity contribution < 1.29 is 19.2 Å². The molecule has 16 nitrogen and oxygen atoms in total. The highest BCUT2D eigenvalue weighted by Gasteiger charge is 2.34. The number of aromatic nitrogens is 3. The molecule has 420 valence electrons. The summed E-state index contributed by atoms with van der Waals surface area (Å²) in [6.45, 7) is 21.6. The number of nitrogens with one attached hydrogen (secondary N) is 3. The summed E-state index contributed by atoms with van der Waals surface area (Å²) in [6.07, 6.45) is 8.17. The molecule has 2 atom stereocenters. The van der Waals surface area contributed by atoms with E-state index in [2.05, 4.69) is 86.4 Å². The molecule has 79 heavy (non-hydrogen) atoms. The quantitative estimate of drug-likeness (QED) is 0.0675. The van der Waals surface area contributed by atoms with Gasteiger partial charge in [-0.25, -0.2) is 15.0 Å². The van der Waals surface area contributed by atoms with Gasteiger partial charge in [0.15, 0.2) is 5.69 Å². The molecule has 1 aliphatic carbocycles. The van der Waals surface area contributed by atoms with Crippen LogP contribution in [-0.4, -0.2) is 174 Å². The Morgan fingerprint density at radius 1 is 0.772 bits per heavy atom. The number of piperidine rings is 1. The highest BCUT2D eigenvalue weighted by Crippen LogP contribution is 2.37. The summed E-state index contributed by atoms with van der Waals surface area (Å²) in [6, 6.07) is 26.2. The van der Waals surface area contributed by atoms with E-state index in [-0.39, 0.29) is 47.8 Å². The standard InChI is InChI=1S/C62H81ClN12O4/c1-6-46-10-8-12-50(34-46)51-35-55(69-56(76)38-64-36-48-11-7-9-44(4)33-48)59(66-37-51)62(79)73-22-19-47(20-23-73)39-70-25-27-71(28-26-70)41-57(77)65-21-24-75(43(2)3)40-53(49-14-16-52(63)17-15-49)61(78)74-31-29-72(30-32-74)60-58-45(5)13-18-54(58)67-42-68-60/h7-12,14-17,33-35,37,42-43,45,47,53,64H,6,13,18-32,36,38-41H2,1-5H3,(H,65,77)(H,69,76). The lowest BCUT2D eigenvalue weighted by atomic mass is 9.95. The minimum atomic E-state index is -0.385. The van der Waals surface area contributed by atoms with Crippen molar-refractivity contribution >= 4 is 46.7 Å². The number of likely N-dealkylation sites (tertiary alicyclic amines) is 1. The zero-order valence-electron chi connectivity index (χ0n) is 47.1. The summed E-state index contributed by atoms with van der Waals surface area (Å²) < 4.78 is 0. The molecule has 2 unspecified atom stereocenters. The molecule has 2 aromatic heterocycles. The van der Waals surface area contributed by atoms with Crippen LogP contribution >= 0.6 is 11.6 Å². The third-order valence-corrected chi connectivity index (χ3v) is 16.8. The largest absolute Gasteiger partial charge is 0.354 e. The van der Waals surface area contributed by atoms with Gasteiger partial charge in [0.2, 0.25) is 17.7 Å². The second-order valence-corrected chi connectivity index (χ2v) is 22.9. The number of nitrogens with zero attached hydrogens (tertiary/aromatic N) is 9. The Kier molecular flexibility index (Phi) is 19.8. The molecule has 3 fully saturated rings. The summed E-state index contributed by atoms with van der Waals surface area (Å²) in [5, 5.41) is 10.1. The molecule has 3 aromatic carbocycles. The van der Waals surface area contributed by atoms with Gasteiger partial charge in [-0.1, -0.05) is 91.7 Å². The minimum absolute atomic E-state index is 0.00783. The molecule has 5 heterocycles. The molecule has 4 aliphatic rings. The van der Waals surface area contributed by atoms with Gasteiger partial charge < -0.3 is 35.6 Å². The van der Waals surface area contributed by atoms with Crippen molar-refractivity contribution in [1.29, 1.82) is 0 Å². The molecular weight excluding hydrogens is 1010 g/mol. The second-order valence-electron chi connectivity index (χ2n) is 22.5. The van der Waals surface area contributed by atoms with E-state index in [0.29, 0.717) is 81.4 Å². The fourth-order valence-corrected chi connectivity index (χ4v) is 11.9. The van der Waals surface area contributed by atoms with E-state index in [4.69, 9.17) is 21.6 Å². The predicted octanol–water partition coefficient (Wildman–Crippen LogP) is 7.27. The topological polar surface area (TPSA) is 162 Å². The number of hydrogen-bond acceptors (Lipinski definition) is 12. The van der Waals surface area contributed by atoms with E-state index in [9.17, 15) is 19.2 Å². The molecule has 17 heteroatoms. The number of hydrogen-bond donors (Lipinski definition) is 3. The Bertz CT molecular complexity index is 2880. The van der Waals surface area contributed by atoms with Crippen molar-refractivity contribution in [1.82, 2.24) is 50.1 Å². The Labute approximate surface area is 472 Å². The number of fused-ring (bicyclic) bond motifs is 1. The fraction of sp³-hybridized carbons (Fsp3) is 0.500. The smallest absolute Gasteiger partial charge is 0.274 e. The van der Waals surface area contributed by atoms with E-state index in [1.54, 1.807) is 12.5 Å². The molecule has 3 N–H and O–H groups in total. The van der Waals surface area contributed by atoms with Gasteiger partial charge in [0.25, 0.3) is 5.91 Å². The number of carbonyl (C=O) groups is 4. The van der Waals surface area contributed by atoms with Crippen molar-refractivity contribution in [2.24, 2.45) is 5.92 Å². The first-order valence-electron chi connectivity index (χ1n) is 28.8. The Morgan fingerprint density at radius 3 is 2.24 bits per heavy atom. The number of carbonyl (C=O) groups excluding carboxylic acids is 4. The number of anilines is 2. The van der Waals surface area contributed by atoms with Gasteiger partial charge in [-0.15, -0.1) is 0 Å². The third-order valence-electron chi connectivity index (χ3n) is 16.6.